The van der Waals surface area contributed by atoms with Crippen LogP contribution in [0.4, 0.5) is 10.1 Å². The first-order valence-corrected chi connectivity index (χ1v) is 10.1. The molecule has 0 saturated heterocycles. The fourth-order valence-electron chi connectivity index (χ4n) is 3.23. The lowest BCUT2D eigenvalue weighted by Crippen LogP contribution is -2.23. The molecule has 30 heavy (non-hydrogen) atoms. The van der Waals surface area contributed by atoms with Crippen molar-refractivity contribution in [1.82, 2.24) is 15.1 Å². The summed E-state index contributed by atoms with van der Waals surface area (Å²) < 4.78 is 16.4. The number of hydrogen-bond acceptors (Lipinski definition) is 4. The van der Waals surface area contributed by atoms with Crippen molar-refractivity contribution in [2.24, 2.45) is 0 Å². The van der Waals surface area contributed by atoms with Gasteiger partial charge in [-0.05, 0) is 48.4 Å². The molecule has 0 aliphatic rings. The van der Waals surface area contributed by atoms with Crippen LogP contribution in [-0.4, -0.2) is 21.6 Å². The van der Waals surface area contributed by atoms with E-state index in [2.05, 4.69) is 15.7 Å². The molecule has 152 valence electrons. The van der Waals surface area contributed by atoms with E-state index in [1.54, 1.807) is 43.6 Å². The first kappa shape index (κ1) is 19.8. The number of carbonyl (C=O) groups is 2. The van der Waals surface area contributed by atoms with Gasteiger partial charge in [0.1, 0.15) is 12.4 Å². The molecule has 2 aromatic carbocycles. The highest BCUT2D eigenvalue weighted by Crippen LogP contribution is 2.32. The Morgan fingerprint density at radius 3 is 2.77 bits per heavy atom. The normalized spacial score (nSPS) is 10.9. The zero-order chi connectivity index (χ0) is 21.1. The topological polar surface area (TPSA) is 76.0 Å². The minimum Gasteiger partial charge on any atom is -0.347 e. The van der Waals surface area contributed by atoms with Gasteiger partial charge in [0, 0.05) is 34.7 Å². The van der Waals surface area contributed by atoms with Crippen molar-refractivity contribution in [1.29, 1.82) is 0 Å². The van der Waals surface area contributed by atoms with Gasteiger partial charge in [-0.1, -0.05) is 18.2 Å². The fourth-order valence-corrected chi connectivity index (χ4v) is 4.37. The SMILES string of the molecule is Cc1c(C(=O)NCc2cccc(NC(=O)Cn3cccn3)c2)sc2cccc(F)c12. The van der Waals surface area contributed by atoms with E-state index in [9.17, 15) is 14.0 Å². The number of benzene rings is 2. The van der Waals surface area contributed by atoms with Gasteiger partial charge in [-0.25, -0.2) is 4.39 Å². The number of nitrogens with one attached hydrogen (secondary N) is 2. The number of anilines is 1. The van der Waals surface area contributed by atoms with E-state index in [-0.39, 0.29) is 30.7 Å². The lowest BCUT2D eigenvalue weighted by Gasteiger charge is -2.09. The van der Waals surface area contributed by atoms with Crippen LogP contribution in [0.1, 0.15) is 20.8 Å². The summed E-state index contributed by atoms with van der Waals surface area (Å²) in [6, 6.07) is 13.9. The molecule has 0 spiro atoms. The standard InChI is InChI=1S/C22H19FN4O2S/c1-14-20-17(23)7-3-8-18(20)30-21(14)22(29)24-12-15-5-2-6-16(11-15)26-19(28)13-27-10-4-9-25-27/h2-11H,12-13H2,1H3,(H,24,29)(H,26,28). The Labute approximate surface area is 176 Å². The number of rotatable bonds is 6. The lowest BCUT2D eigenvalue weighted by atomic mass is 10.1. The second-order valence-corrected chi connectivity index (χ2v) is 7.86. The molecule has 2 amide bonds. The van der Waals surface area contributed by atoms with E-state index in [0.29, 0.717) is 21.5 Å². The molecule has 0 atom stereocenters. The number of fused-ring (bicyclic) bond motifs is 1. The van der Waals surface area contributed by atoms with E-state index in [1.165, 1.54) is 22.1 Å². The van der Waals surface area contributed by atoms with E-state index in [4.69, 9.17) is 0 Å². The zero-order valence-corrected chi connectivity index (χ0v) is 17.0. The molecule has 0 radical (unpaired) electrons. The molecular weight excluding hydrogens is 403 g/mol. The molecule has 2 aromatic heterocycles. The van der Waals surface area contributed by atoms with Crippen molar-refractivity contribution in [3.63, 3.8) is 0 Å². The highest BCUT2D eigenvalue weighted by molar-refractivity contribution is 7.21. The number of aryl methyl sites for hydroxylation is 1. The molecule has 2 N–H and O–H groups in total. The number of amides is 2. The summed E-state index contributed by atoms with van der Waals surface area (Å²) in [5, 5.41) is 10.2. The maximum absolute atomic E-state index is 14.1. The van der Waals surface area contributed by atoms with E-state index < -0.39 is 0 Å². The van der Waals surface area contributed by atoms with Crippen molar-refractivity contribution in [2.45, 2.75) is 20.0 Å². The Bertz CT molecular complexity index is 1220. The summed E-state index contributed by atoms with van der Waals surface area (Å²) in [4.78, 5) is 25.3. The molecule has 2 heterocycles. The minimum absolute atomic E-state index is 0.121. The molecule has 4 aromatic rings. The van der Waals surface area contributed by atoms with Gasteiger partial charge in [-0.15, -0.1) is 11.3 Å². The first-order chi connectivity index (χ1) is 14.5. The monoisotopic (exact) mass is 422 g/mol. The molecule has 4 rings (SSSR count). The van der Waals surface area contributed by atoms with Crippen LogP contribution in [0.15, 0.2) is 60.9 Å². The summed E-state index contributed by atoms with van der Waals surface area (Å²) in [5.74, 6) is -0.761. The predicted molar refractivity (Wildman–Crippen MR) is 115 cm³/mol. The van der Waals surface area contributed by atoms with Crippen LogP contribution in [0.25, 0.3) is 10.1 Å². The summed E-state index contributed by atoms with van der Waals surface area (Å²) >= 11 is 1.28. The van der Waals surface area contributed by atoms with Gasteiger partial charge in [-0.3, -0.25) is 14.3 Å². The minimum atomic E-state index is -0.321. The molecule has 0 bridgehead atoms. The number of halogens is 1. The van der Waals surface area contributed by atoms with Gasteiger partial charge < -0.3 is 10.6 Å². The lowest BCUT2D eigenvalue weighted by molar-refractivity contribution is -0.116. The third-order valence-electron chi connectivity index (χ3n) is 4.64. The van der Waals surface area contributed by atoms with Gasteiger partial charge >= 0.3 is 0 Å². The van der Waals surface area contributed by atoms with Crippen LogP contribution < -0.4 is 10.6 Å². The van der Waals surface area contributed by atoms with Crippen molar-refractivity contribution >= 4 is 38.9 Å². The van der Waals surface area contributed by atoms with Crippen molar-refractivity contribution < 1.29 is 14.0 Å². The van der Waals surface area contributed by atoms with Crippen molar-refractivity contribution in [2.75, 3.05) is 5.32 Å². The van der Waals surface area contributed by atoms with Gasteiger partial charge in [-0.2, -0.15) is 5.10 Å². The first-order valence-electron chi connectivity index (χ1n) is 9.33. The number of aromatic nitrogens is 2. The summed E-state index contributed by atoms with van der Waals surface area (Å²) in [6.07, 6.45) is 3.33. The molecule has 0 saturated carbocycles. The van der Waals surface area contributed by atoms with Crippen LogP contribution in [0, 0.1) is 12.7 Å². The fraction of sp³-hybridized carbons (Fsp3) is 0.136. The van der Waals surface area contributed by atoms with E-state index in [0.717, 1.165) is 10.3 Å². The second-order valence-electron chi connectivity index (χ2n) is 6.80. The van der Waals surface area contributed by atoms with Crippen LogP contribution in [0.2, 0.25) is 0 Å². The maximum atomic E-state index is 14.1. The summed E-state index contributed by atoms with van der Waals surface area (Å²) in [7, 11) is 0. The Morgan fingerprint density at radius 2 is 2.00 bits per heavy atom. The maximum Gasteiger partial charge on any atom is 0.261 e. The quantitative estimate of drug-likeness (QED) is 0.491. The predicted octanol–water partition coefficient (Wildman–Crippen LogP) is 4.11. The average molecular weight is 422 g/mol. The Balaban J connectivity index is 1.41. The molecule has 0 unspecified atom stereocenters. The zero-order valence-electron chi connectivity index (χ0n) is 16.2. The van der Waals surface area contributed by atoms with Gasteiger partial charge in [0.25, 0.3) is 5.91 Å². The average Bonchev–Trinajstić information content (AvgIpc) is 3.35. The van der Waals surface area contributed by atoms with Crippen LogP contribution in [-0.2, 0) is 17.9 Å². The Hall–Kier alpha value is -3.52. The molecule has 0 aliphatic carbocycles. The van der Waals surface area contributed by atoms with Gasteiger partial charge in [0.15, 0.2) is 0 Å². The summed E-state index contributed by atoms with van der Waals surface area (Å²) in [6.45, 7) is 2.17. The van der Waals surface area contributed by atoms with Crippen LogP contribution >= 0.6 is 11.3 Å². The number of carbonyl (C=O) groups excluding carboxylic acids is 2. The summed E-state index contributed by atoms with van der Waals surface area (Å²) in [5.41, 5.74) is 2.12. The van der Waals surface area contributed by atoms with Crippen LogP contribution in [0.3, 0.4) is 0 Å². The third kappa shape index (κ3) is 4.23. The Kier molecular flexibility index (Phi) is 5.58. The highest BCUT2D eigenvalue weighted by atomic mass is 32.1. The number of hydrogen-bond donors (Lipinski definition) is 2. The highest BCUT2D eigenvalue weighted by Gasteiger charge is 2.17. The molecule has 6 nitrogen and oxygen atoms in total. The number of thiophene rings is 1. The van der Waals surface area contributed by atoms with Crippen LogP contribution in [0.5, 0.6) is 0 Å². The van der Waals surface area contributed by atoms with Crippen molar-refractivity contribution in [3.05, 3.63) is 82.7 Å². The van der Waals surface area contributed by atoms with E-state index >= 15 is 0 Å². The largest absolute Gasteiger partial charge is 0.347 e. The van der Waals surface area contributed by atoms with Gasteiger partial charge in [0.2, 0.25) is 5.91 Å². The Morgan fingerprint density at radius 1 is 1.17 bits per heavy atom. The van der Waals surface area contributed by atoms with Gasteiger partial charge in [0.05, 0.1) is 4.88 Å². The van der Waals surface area contributed by atoms with E-state index in [1.807, 2.05) is 18.2 Å². The molecular formula is C22H19FN4O2S. The number of nitrogens with zero attached hydrogens (tertiary/aromatic N) is 2. The van der Waals surface area contributed by atoms with Crippen molar-refractivity contribution in [3.8, 4) is 0 Å². The molecule has 0 fully saturated rings. The second kappa shape index (κ2) is 8.46. The smallest absolute Gasteiger partial charge is 0.261 e. The third-order valence-corrected chi connectivity index (χ3v) is 5.89. The molecule has 0 aliphatic heterocycles. The molecule has 8 heteroatoms.